The molecular formula is C28H25N5O6S. The third-order valence-electron chi connectivity index (χ3n) is 6.20. The van der Waals surface area contributed by atoms with E-state index in [1.807, 2.05) is 30.3 Å². The van der Waals surface area contributed by atoms with E-state index in [0.29, 0.717) is 47.5 Å². The second-order valence-corrected chi connectivity index (χ2v) is 9.61. The van der Waals surface area contributed by atoms with Crippen molar-refractivity contribution in [3.05, 3.63) is 94.5 Å². The zero-order valence-electron chi connectivity index (χ0n) is 21.1. The van der Waals surface area contributed by atoms with Gasteiger partial charge in [0.1, 0.15) is 29.9 Å². The fourth-order valence-electron chi connectivity index (χ4n) is 4.26. The number of nitrogens with one attached hydrogen (secondary N) is 1. The van der Waals surface area contributed by atoms with Crippen LogP contribution < -0.4 is 31.2 Å². The van der Waals surface area contributed by atoms with E-state index >= 15 is 0 Å². The maximum atomic E-state index is 14.2. The Bertz CT molecular complexity index is 1560. The van der Waals surface area contributed by atoms with Gasteiger partial charge in [0.05, 0.1) is 5.69 Å². The van der Waals surface area contributed by atoms with Crippen LogP contribution in [0.25, 0.3) is 0 Å². The molecule has 6 N–H and O–H groups in total. The van der Waals surface area contributed by atoms with Crippen LogP contribution in [0.4, 0.5) is 11.4 Å². The average Bonchev–Trinajstić information content (AvgIpc) is 3.36. The van der Waals surface area contributed by atoms with Gasteiger partial charge in [-0.15, -0.1) is 0 Å². The smallest absolute Gasteiger partial charge is 0.273 e. The highest BCUT2D eigenvalue weighted by Gasteiger charge is 2.36. The molecule has 2 heterocycles. The summed E-state index contributed by atoms with van der Waals surface area (Å²) >= 11 is 0.707. The molecule has 12 heteroatoms. The Morgan fingerprint density at radius 1 is 1.00 bits per heavy atom. The third kappa shape index (κ3) is 5.38. The molecule has 4 aromatic rings. The van der Waals surface area contributed by atoms with Gasteiger partial charge < -0.3 is 31.4 Å². The summed E-state index contributed by atoms with van der Waals surface area (Å²) in [5, 5.41) is 12.8. The van der Waals surface area contributed by atoms with E-state index in [-0.39, 0.29) is 28.6 Å². The Morgan fingerprint density at radius 2 is 1.70 bits per heavy atom. The number of phenolic OH excluding ortho intramolecular Hbond substituents is 1. The number of aromatic hydroxyl groups is 1. The molecule has 1 aliphatic heterocycles. The minimum atomic E-state index is -1.22. The fraction of sp³-hybridized carbons (Fsp3) is 0.143. The first-order valence-electron chi connectivity index (χ1n) is 12.2. The van der Waals surface area contributed by atoms with Crippen molar-refractivity contribution in [1.29, 1.82) is 0 Å². The lowest BCUT2D eigenvalue weighted by Crippen LogP contribution is -2.44. The zero-order valence-corrected chi connectivity index (χ0v) is 21.9. The molecule has 40 heavy (non-hydrogen) atoms. The summed E-state index contributed by atoms with van der Waals surface area (Å²) in [4.78, 5) is 41.1. The SMILES string of the molecule is NC(=O)c1nsc(C(=O)N(c2ccc3c(c2)OCCO3)[C@@H](C(=O)NCc2ccccc2)c2ccc(O)cc2)c1N. The Hall–Kier alpha value is -5.10. The van der Waals surface area contributed by atoms with E-state index in [9.17, 15) is 19.5 Å². The van der Waals surface area contributed by atoms with Gasteiger partial charge in [0, 0.05) is 18.3 Å². The number of phenols is 1. The van der Waals surface area contributed by atoms with Crippen molar-refractivity contribution < 1.29 is 29.0 Å². The highest BCUT2D eigenvalue weighted by molar-refractivity contribution is 7.09. The number of hydrogen-bond donors (Lipinski definition) is 4. The molecule has 1 aliphatic rings. The number of aromatic nitrogens is 1. The standard InChI is InChI=1S/C28H25N5O6S/c29-22-23(26(30)35)32-40-25(22)28(37)33(18-8-11-20-21(14-18)39-13-12-38-20)24(17-6-9-19(34)10-7-17)27(36)31-15-16-4-2-1-3-5-16/h1-11,14,24,34H,12-13,15,29H2,(H2,30,35)(H,31,36)/t24-/m1/s1. The minimum absolute atomic E-state index is 0.0119. The number of carbonyl (C=O) groups is 3. The minimum Gasteiger partial charge on any atom is -0.508 e. The van der Waals surface area contributed by atoms with E-state index in [4.69, 9.17) is 20.9 Å². The van der Waals surface area contributed by atoms with E-state index in [0.717, 1.165) is 5.56 Å². The first-order chi connectivity index (χ1) is 19.3. The molecule has 5 rings (SSSR count). The van der Waals surface area contributed by atoms with E-state index < -0.39 is 23.8 Å². The molecule has 0 spiro atoms. The van der Waals surface area contributed by atoms with E-state index in [2.05, 4.69) is 9.69 Å². The Labute approximate surface area is 233 Å². The number of anilines is 2. The highest BCUT2D eigenvalue weighted by Crippen LogP contribution is 2.39. The van der Waals surface area contributed by atoms with Crippen molar-refractivity contribution >= 4 is 40.6 Å². The zero-order chi connectivity index (χ0) is 28.2. The molecule has 11 nitrogen and oxygen atoms in total. The molecule has 1 atom stereocenters. The van der Waals surface area contributed by atoms with Crippen LogP contribution in [0.1, 0.15) is 37.3 Å². The molecule has 3 amide bonds. The summed E-state index contributed by atoms with van der Waals surface area (Å²) in [6.07, 6.45) is 0. The number of amides is 3. The maximum Gasteiger partial charge on any atom is 0.273 e. The molecule has 0 bridgehead atoms. The normalized spacial score (nSPS) is 12.8. The van der Waals surface area contributed by atoms with E-state index in [1.165, 1.54) is 17.0 Å². The van der Waals surface area contributed by atoms with Crippen LogP contribution in [0.3, 0.4) is 0 Å². The van der Waals surface area contributed by atoms with Crippen LogP contribution in [0.15, 0.2) is 72.8 Å². The number of nitrogens with two attached hydrogens (primary N) is 2. The van der Waals surface area contributed by atoms with Crippen LogP contribution in [0, 0.1) is 0 Å². The molecule has 0 saturated carbocycles. The predicted octanol–water partition coefficient (Wildman–Crippen LogP) is 3.01. The van der Waals surface area contributed by atoms with Gasteiger partial charge in [-0.05, 0) is 46.9 Å². The monoisotopic (exact) mass is 559 g/mol. The number of hydrogen-bond acceptors (Lipinski definition) is 9. The maximum absolute atomic E-state index is 14.2. The summed E-state index contributed by atoms with van der Waals surface area (Å²) < 4.78 is 15.3. The molecule has 1 aromatic heterocycles. The number of nitrogens with zero attached hydrogens (tertiary/aromatic N) is 2. The van der Waals surface area contributed by atoms with Crippen molar-refractivity contribution in [1.82, 2.24) is 9.69 Å². The van der Waals surface area contributed by atoms with E-state index in [1.54, 1.807) is 30.3 Å². The van der Waals surface area contributed by atoms with Crippen LogP contribution in [-0.4, -0.2) is 40.4 Å². The van der Waals surface area contributed by atoms with Gasteiger partial charge in [0.15, 0.2) is 17.2 Å². The summed E-state index contributed by atoms with van der Waals surface area (Å²) in [5.41, 5.74) is 12.7. The van der Waals surface area contributed by atoms with Gasteiger partial charge >= 0.3 is 0 Å². The third-order valence-corrected chi connectivity index (χ3v) is 7.05. The van der Waals surface area contributed by atoms with Gasteiger partial charge in [-0.25, -0.2) is 0 Å². The van der Waals surface area contributed by atoms with Gasteiger partial charge in [-0.2, -0.15) is 4.37 Å². The summed E-state index contributed by atoms with van der Waals surface area (Å²) in [6, 6.07) is 18.9. The number of rotatable bonds is 8. The molecular weight excluding hydrogens is 534 g/mol. The molecule has 204 valence electrons. The van der Waals surface area contributed by atoms with Crippen LogP contribution in [0.2, 0.25) is 0 Å². The van der Waals surface area contributed by atoms with Crippen molar-refractivity contribution in [2.24, 2.45) is 5.73 Å². The van der Waals surface area contributed by atoms with Crippen molar-refractivity contribution in [3.8, 4) is 17.2 Å². The summed E-state index contributed by atoms with van der Waals surface area (Å²) in [6.45, 7) is 0.888. The van der Waals surface area contributed by atoms with Crippen LogP contribution >= 0.6 is 11.5 Å². The van der Waals surface area contributed by atoms with Crippen molar-refractivity contribution in [2.45, 2.75) is 12.6 Å². The number of primary amides is 1. The van der Waals surface area contributed by atoms with Gasteiger partial charge in [0.25, 0.3) is 11.8 Å². The lowest BCUT2D eigenvalue weighted by molar-refractivity contribution is -0.122. The summed E-state index contributed by atoms with van der Waals surface area (Å²) in [7, 11) is 0. The largest absolute Gasteiger partial charge is 0.508 e. The number of carbonyl (C=O) groups excluding carboxylic acids is 3. The molecule has 0 saturated heterocycles. The quantitative estimate of drug-likeness (QED) is 0.255. The number of benzene rings is 3. The fourth-order valence-corrected chi connectivity index (χ4v) is 5.00. The molecule has 0 fully saturated rings. The lowest BCUT2D eigenvalue weighted by atomic mass is 10.0. The van der Waals surface area contributed by atoms with Crippen LogP contribution in [0.5, 0.6) is 17.2 Å². The molecule has 0 radical (unpaired) electrons. The molecule has 0 unspecified atom stereocenters. The van der Waals surface area contributed by atoms with Gasteiger partial charge in [-0.1, -0.05) is 42.5 Å². The average molecular weight is 560 g/mol. The second kappa shape index (κ2) is 11.3. The Kier molecular flexibility index (Phi) is 7.51. The topological polar surface area (TPSA) is 170 Å². The van der Waals surface area contributed by atoms with Crippen molar-refractivity contribution in [3.63, 3.8) is 0 Å². The molecule has 3 aromatic carbocycles. The summed E-state index contributed by atoms with van der Waals surface area (Å²) in [5.74, 6) is -1.20. The first kappa shape index (κ1) is 26.5. The molecule has 0 aliphatic carbocycles. The number of nitrogen functional groups attached to an aromatic ring is 1. The highest BCUT2D eigenvalue weighted by atomic mass is 32.1. The lowest BCUT2D eigenvalue weighted by Gasteiger charge is -2.32. The predicted molar refractivity (Wildman–Crippen MR) is 148 cm³/mol. The van der Waals surface area contributed by atoms with Gasteiger partial charge in [0.2, 0.25) is 5.91 Å². The number of fused-ring (bicyclic) bond motifs is 1. The van der Waals surface area contributed by atoms with Crippen molar-refractivity contribution in [2.75, 3.05) is 23.8 Å². The first-order valence-corrected chi connectivity index (χ1v) is 13.0. The Morgan fingerprint density at radius 3 is 2.38 bits per heavy atom. The van der Waals surface area contributed by atoms with Gasteiger partial charge in [-0.3, -0.25) is 19.3 Å². The number of ether oxygens (including phenoxy) is 2. The Balaban J connectivity index is 1.63. The van der Waals surface area contributed by atoms with Crippen LogP contribution in [-0.2, 0) is 11.3 Å². The second-order valence-electron chi connectivity index (χ2n) is 8.84.